The monoisotopic (exact) mass is 386 g/mol. The van der Waals surface area contributed by atoms with E-state index in [1.807, 2.05) is 24.3 Å². The Kier molecular flexibility index (Phi) is 5.83. The average molecular weight is 387 g/mol. The van der Waals surface area contributed by atoms with Crippen molar-refractivity contribution in [3.63, 3.8) is 0 Å². The highest BCUT2D eigenvalue weighted by Gasteiger charge is 2.10. The lowest BCUT2D eigenvalue weighted by atomic mass is 10.2. The fourth-order valence-corrected chi connectivity index (χ4v) is 2.52. The summed E-state index contributed by atoms with van der Waals surface area (Å²) in [5.41, 5.74) is 1.60. The van der Waals surface area contributed by atoms with Gasteiger partial charge in [-0.15, -0.1) is 0 Å². The largest absolute Gasteiger partial charge is 0.496 e. The molecular weight excluding hydrogens is 371 g/mol. The molecule has 2 aromatic carbocycles. The van der Waals surface area contributed by atoms with E-state index in [4.69, 9.17) is 16.3 Å². The van der Waals surface area contributed by atoms with Crippen molar-refractivity contribution in [2.24, 2.45) is 0 Å². The average Bonchev–Trinajstić information content (AvgIpc) is 2.69. The summed E-state index contributed by atoms with van der Waals surface area (Å²) in [6.45, 7) is 0.476. The summed E-state index contributed by atoms with van der Waals surface area (Å²) in [5.74, 6) is 0.165. The van der Waals surface area contributed by atoms with Crippen LogP contribution in [-0.2, 0) is 6.54 Å². The van der Waals surface area contributed by atoms with E-state index in [0.29, 0.717) is 18.2 Å². The second-order valence-electron chi connectivity index (χ2n) is 5.54. The van der Waals surface area contributed by atoms with Crippen LogP contribution in [0.5, 0.6) is 5.75 Å². The second-order valence-corrected chi connectivity index (χ2v) is 5.95. The van der Waals surface area contributed by atoms with Gasteiger partial charge in [0.05, 0.1) is 17.7 Å². The molecule has 0 aliphatic rings. The fraction of sp³-hybridized carbons (Fsp3) is 0.105. The van der Waals surface area contributed by atoms with E-state index < -0.39 is 11.7 Å². The highest BCUT2D eigenvalue weighted by atomic mass is 35.5. The molecule has 1 aromatic heterocycles. The molecular formula is C19H16ClFN4O2. The van der Waals surface area contributed by atoms with E-state index in [1.165, 1.54) is 30.6 Å². The summed E-state index contributed by atoms with van der Waals surface area (Å²) in [6.07, 6.45) is 2.80. The van der Waals surface area contributed by atoms with Gasteiger partial charge in [-0.2, -0.15) is 0 Å². The van der Waals surface area contributed by atoms with Crippen LogP contribution in [0.1, 0.15) is 15.9 Å². The maximum atomic E-state index is 13.2. The number of nitrogens with zero attached hydrogens (tertiary/aromatic N) is 2. The van der Waals surface area contributed by atoms with Gasteiger partial charge in [-0.25, -0.2) is 14.4 Å². The first-order chi connectivity index (χ1) is 13.1. The van der Waals surface area contributed by atoms with Gasteiger partial charge in [0, 0.05) is 30.2 Å². The number of halogens is 2. The minimum absolute atomic E-state index is 0.0695. The fourth-order valence-electron chi connectivity index (χ4n) is 2.34. The van der Waals surface area contributed by atoms with Gasteiger partial charge in [-0.05, 0) is 24.3 Å². The first kappa shape index (κ1) is 18.6. The third-order valence-corrected chi connectivity index (χ3v) is 4.01. The predicted octanol–water partition coefficient (Wildman–Crippen LogP) is 4.14. The lowest BCUT2D eigenvalue weighted by Crippen LogP contribution is -2.13. The minimum atomic E-state index is -0.552. The molecule has 0 aliphatic heterocycles. The zero-order valence-electron chi connectivity index (χ0n) is 14.4. The molecule has 0 aliphatic carbocycles. The van der Waals surface area contributed by atoms with Crippen molar-refractivity contribution < 1.29 is 13.9 Å². The summed E-state index contributed by atoms with van der Waals surface area (Å²) >= 11 is 5.70. The molecule has 8 heteroatoms. The van der Waals surface area contributed by atoms with Crippen molar-refractivity contribution in [1.82, 2.24) is 9.97 Å². The smallest absolute Gasteiger partial charge is 0.258 e. The zero-order chi connectivity index (χ0) is 19.2. The van der Waals surface area contributed by atoms with Gasteiger partial charge in [0.25, 0.3) is 5.91 Å². The van der Waals surface area contributed by atoms with Gasteiger partial charge >= 0.3 is 0 Å². The number of hydrogen-bond acceptors (Lipinski definition) is 5. The molecule has 6 nitrogen and oxygen atoms in total. The summed E-state index contributed by atoms with van der Waals surface area (Å²) in [6, 6.07) is 11.5. The second kappa shape index (κ2) is 8.46. The van der Waals surface area contributed by atoms with Gasteiger partial charge in [0.1, 0.15) is 11.6 Å². The van der Waals surface area contributed by atoms with E-state index in [1.54, 1.807) is 7.11 Å². The van der Waals surface area contributed by atoms with Gasteiger partial charge in [-0.1, -0.05) is 29.8 Å². The Hall–Kier alpha value is -3.19. The molecule has 0 bridgehead atoms. The number of carbonyl (C=O) groups is 1. The Morgan fingerprint density at radius 3 is 2.63 bits per heavy atom. The molecule has 0 saturated carbocycles. The normalized spacial score (nSPS) is 10.3. The third-order valence-electron chi connectivity index (χ3n) is 3.72. The first-order valence-corrected chi connectivity index (χ1v) is 8.39. The molecule has 0 unspecified atom stereocenters. The van der Waals surface area contributed by atoms with E-state index in [2.05, 4.69) is 20.6 Å². The number of rotatable bonds is 6. The van der Waals surface area contributed by atoms with E-state index in [0.717, 1.165) is 11.3 Å². The van der Waals surface area contributed by atoms with Crippen LogP contribution < -0.4 is 15.4 Å². The molecule has 1 amide bonds. The number of carbonyl (C=O) groups excluding carboxylic acids is 1. The maximum absolute atomic E-state index is 13.2. The topological polar surface area (TPSA) is 76.1 Å². The Morgan fingerprint density at radius 1 is 1.19 bits per heavy atom. The van der Waals surface area contributed by atoms with Crippen LogP contribution in [0.4, 0.5) is 16.0 Å². The molecule has 0 atom stereocenters. The zero-order valence-corrected chi connectivity index (χ0v) is 15.1. The van der Waals surface area contributed by atoms with Crippen molar-refractivity contribution in [2.45, 2.75) is 6.54 Å². The van der Waals surface area contributed by atoms with Crippen LogP contribution in [0, 0.1) is 5.82 Å². The summed E-state index contributed by atoms with van der Waals surface area (Å²) in [4.78, 5) is 20.5. The number of hydrogen-bond donors (Lipinski definition) is 2. The number of anilines is 2. The molecule has 138 valence electrons. The molecule has 2 N–H and O–H groups in total. The van der Waals surface area contributed by atoms with Crippen molar-refractivity contribution in [1.29, 1.82) is 0 Å². The van der Waals surface area contributed by atoms with Crippen molar-refractivity contribution in [3.05, 3.63) is 76.8 Å². The molecule has 0 saturated heterocycles. The van der Waals surface area contributed by atoms with Crippen LogP contribution in [0.15, 0.2) is 54.9 Å². The van der Waals surface area contributed by atoms with E-state index in [-0.39, 0.29) is 10.6 Å². The minimum Gasteiger partial charge on any atom is -0.496 e. The number of amides is 1. The molecule has 27 heavy (non-hydrogen) atoms. The van der Waals surface area contributed by atoms with Gasteiger partial charge in [-0.3, -0.25) is 4.79 Å². The molecule has 3 aromatic rings. The number of methoxy groups -OCH3 is 1. The van der Waals surface area contributed by atoms with E-state index in [9.17, 15) is 9.18 Å². The van der Waals surface area contributed by atoms with Crippen LogP contribution in [-0.4, -0.2) is 23.0 Å². The molecule has 0 spiro atoms. The van der Waals surface area contributed by atoms with Crippen LogP contribution in [0.3, 0.4) is 0 Å². The Labute approximate surface area is 160 Å². The summed E-state index contributed by atoms with van der Waals surface area (Å²) in [5, 5.41) is 5.61. The number of nitrogens with one attached hydrogen (secondary N) is 2. The highest BCUT2D eigenvalue weighted by Crippen LogP contribution is 2.20. The lowest BCUT2D eigenvalue weighted by molar-refractivity contribution is 0.102. The Bertz CT molecular complexity index is 951. The Morgan fingerprint density at radius 2 is 1.93 bits per heavy atom. The summed E-state index contributed by atoms with van der Waals surface area (Å²) < 4.78 is 18.5. The van der Waals surface area contributed by atoms with Gasteiger partial charge in [0.15, 0.2) is 0 Å². The molecule has 3 rings (SSSR count). The van der Waals surface area contributed by atoms with Crippen molar-refractivity contribution in [2.75, 3.05) is 17.7 Å². The lowest BCUT2D eigenvalue weighted by Gasteiger charge is -2.10. The molecule has 0 radical (unpaired) electrons. The molecule has 1 heterocycles. The highest BCUT2D eigenvalue weighted by molar-refractivity contribution is 6.31. The maximum Gasteiger partial charge on any atom is 0.258 e. The van der Waals surface area contributed by atoms with Crippen LogP contribution in [0.25, 0.3) is 0 Å². The Balaban J connectivity index is 1.62. The quantitative estimate of drug-likeness (QED) is 0.665. The van der Waals surface area contributed by atoms with Crippen molar-refractivity contribution >= 4 is 29.1 Å². The van der Waals surface area contributed by atoms with Crippen LogP contribution >= 0.6 is 11.6 Å². The van der Waals surface area contributed by atoms with Crippen LogP contribution in [0.2, 0.25) is 5.02 Å². The number of benzene rings is 2. The van der Waals surface area contributed by atoms with E-state index >= 15 is 0 Å². The predicted molar refractivity (Wildman–Crippen MR) is 102 cm³/mol. The number of ether oxygens (including phenoxy) is 1. The van der Waals surface area contributed by atoms with Gasteiger partial charge in [0.2, 0.25) is 5.95 Å². The van der Waals surface area contributed by atoms with Crippen molar-refractivity contribution in [3.8, 4) is 5.75 Å². The summed E-state index contributed by atoms with van der Waals surface area (Å²) in [7, 11) is 1.61. The standard InChI is InChI=1S/C19H16ClFN4O2/c1-27-17-5-3-2-4-12(17)9-22-19-23-10-13(11-24-19)18(26)25-14-6-7-16(21)15(20)8-14/h2-8,10-11H,9H2,1H3,(H,25,26)(H,22,23,24). The number of aromatic nitrogens is 2. The SMILES string of the molecule is COc1ccccc1CNc1ncc(C(=O)Nc2ccc(F)c(Cl)c2)cn1. The third kappa shape index (κ3) is 4.71. The molecule has 0 fully saturated rings. The number of para-hydroxylation sites is 1. The van der Waals surface area contributed by atoms with Gasteiger partial charge < -0.3 is 15.4 Å². The first-order valence-electron chi connectivity index (χ1n) is 8.01.